The second-order valence-corrected chi connectivity index (χ2v) is 6.19. The van der Waals surface area contributed by atoms with E-state index in [-0.39, 0.29) is 18.4 Å². The molecule has 112 valence electrons. The summed E-state index contributed by atoms with van der Waals surface area (Å²) in [6.45, 7) is 3.06. The van der Waals surface area contributed by atoms with Crippen molar-refractivity contribution in [3.63, 3.8) is 0 Å². The van der Waals surface area contributed by atoms with Gasteiger partial charge in [0.1, 0.15) is 6.10 Å². The highest BCUT2D eigenvalue weighted by molar-refractivity contribution is 5.66. The van der Waals surface area contributed by atoms with Gasteiger partial charge >= 0.3 is 5.97 Å². The molecule has 1 heterocycles. The Morgan fingerprint density at radius 1 is 1.30 bits per heavy atom. The van der Waals surface area contributed by atoms with E-state index in [1.807, 2.05) is 0 Å². The van der Waals surface area contributed by atoms with Crippen LogP contribution in [-0.4, -0.2) is 31.6 Å². The first-order valence-electron chi connectivity index (χ1n) is 7.81. The first-order valence-corrected chi connectivity index (χ1v) is 7.81. The molecule has 2 aliphatic carbocycles. The van der Waals surface area contributed by atoms with Gasteiger partial charge in [0.05, 0.1) is 13.2 Å². The summed E-state index contributed by atoms with van der Waals surface area (Å²) in [4.78, 5) is 11.4. The molecule has 0 aromatic carbocycles. The zero-order valence-corrected chi connectivity index (χ0v) is 12.1. The van der Waals surface area contributed by atoms with E-state index in [1.54, 1.807) is 0 Å². The molecule has 0 radical (unpaired) electrons. The highest BCUT2D eigenvalue weighted by atomic mass is 16.7. The molecule has 4 atom stereocenters. The molecule has 3 aliphatic rings. The van der Waals surface area contributed by atoms with Gasteiger partial charge in [-0.05, 0) is 37.5 Å². The van der Waals surface area contributed by atoms with Crippen molar-refractivity contribution in [2.45, 2.75) is 51.4 Å². The molecule has 4 nitrogen and oxygen atoms in total. The fourth-order valence-electron chi connectivity index (χ4n) is 3.83. The van der Waals surface area contributed by atoms with Crippen molar-refractivity contribution in [3.05, 3.63) is 12.2 Å². The summed E-state index contributed by atoms with van der Waals surface area (Å²) in [5, 5.41) is 0. The first kappa shape index (κ1) is 14.1. The van der Waals surface area contributed by atoms with Crippen LogP contribution in [0.1, 0.15) is 39.0 Å². The van der Waals surface area contributed by atoms with E-state index in [4.69, 9.17) is 14.2 Å². The normalized spacial score (nSPS) is 34.4. The number of carbonyl (C=O) groups is 1. The minimum absolute atomic E-state index is 0.0153. The van der Waals surface area contributed by atoms with E-state index < -0.39 is 0 Å². The predicted octanol–water partition coefficient (Wildman–Crippen LogP) is 2.67. The molecule has 0 spiro atoms. The molecule has 0 N–H and O–H groups in total. The number of fused-ring (bicyclic) bond motifs is 2. The van der Waals surface area contributed by atoms with Gasteiger partial charge in [0.25, 0.3) is 0 Å². The maximum Gasteiger partial charge on any atom is 0.302 e. The Hall–Kier alpha value is -0.870. The Morgan fingerprint density at radius 2 is 2.10 bits per heavy atom. The van der Waals surface area contributed by atoms with Gasteiger partial charge in [-0.15, -0.1) is 0 Å². The van der Waals surface area contributed by atoms with Gasteiger partial charge in [0, 0.05) is 19.3 Å². The molecular weight excluding hydrogens is 256 g/mol. The summed E-state index contributed by atoms with van der Waals surface area (Å²) in [7, 11) is 0. The molecular formula is C16H24O4. The Bertz CT molecular complexity index is 373. The maximum absolute atomic E-state index is 11.4. The number of hydrogen-bond acceptors (Lipinski definition) is 4. The van der Waals surface area contributed by atoms with E-state index in [9.17, 15) is 4.79 Å². The number of hydrogen-bond donors (Lipinski definition) is 0. The van der Waals surface area contributed by atoms with Gasteiger partial charge in [-0.25, -0.2) is 0 Å². The lowest BCUT2D eigenvalue weighted by Gasteiger charge is -2.30. The number of rotatable bonds is 5. The first-order chi connectivity index (χ1) is 9.72. The SMILES string of the molecule is CC(=O)OC(CCC1OCCCO1)C1CC2C=CC1C2. The van der Waals surface area contributed by atoms with Crippen molar-refractivity contribution in [2.75, 3.05) is 13.2 Å². The molecule has 4 heteroatoms. The smallest absolute Gasteiger partial charge is 0.302 e. The van der Waals surface area contributed by atoms with Crippen LogP contribution in [0.25, 0.3) is 0 Å². The van der Waals surface area contributed by atoms with Crippen LogP contribution in [0.4, 0.5) is 0 Å². The molecule has 3 rings (SSSR count). The number of esters is 1. The standard InChI is InChI=1S/C16H24O4/c1-11(17)20-15(5-6-16-18-7-2-8-19-16)14-10-12-3-4-13(14)9-12/h3-4,12-16H,2,5-10H2,1H3. The van der Waals surface area contributed by atoms with Gasteiger partial charge in [-0.1, -0.05) is 12.2 Å². The van der Waals surface area contributed by atoms with Gasteiger partial charge in [0.15, 0.2) is 6.29 Å². The molecule has 0 amide bonds. The summed E-state index contributed by atoms with van der Waals surface area (Å²) in [5.74, 6) is 1.60. The fourth-order valence-corrected chi connectivity index (χ4v) is 3.83. The third kappa shape index (κ3) is 3.23. The molecule has 1 aliphatic heterocycles. The van der Waals surface area contributed by atoms with Crippen molar-refractivity contribution in [1.82, 2.24) is 0 Å². The van der Waals surface area contributed by atoms with Crippen molar-refractivity contribution in [1.29, 1.82) is 0 Å². The van der Waals surface area contributed by atoms with E-state index in [2.05, 4.69) is 12.2 Å². The lowest BCUT2D eigenvalue weighted by Crippen LogP contribution is -2.32. The fraction of sp³-hybridized carbons (Fsp3) is 0.812. The van der Waals surface area contributed by atoms with E-state index in [1.165, 1.54) is 13.3 Å². The molecule has 1 saturated heterocycles. The monoisotopic (exact) mass is 280 g/mol. The topological polar surface area (TPSA) is 44.8 Å². The van der Waals surface area contributed by atoms with Crippen LogP contribution < -0.4 is 0 Å². The number of allylic oxidation sites excluding steroid dienone is 2. The molecule has 2 fully saturated rings. The van der Waals surface area contributed by atoms with Crippen molar-refractivity contribution < 1.29 is 19.0 Å². The highest BCUT2D eigenvalue weighted by Crippen LogP contribution is 2.46. The van der Waals surface area contributed by atoms with Crippen molar-refractivity contribution in [2.24, 2.45) is 17.8 Å². The average Bonchev–Trinajstić information content (AvgIpc) is 3.07. The quantitative estimate of drug-likeness (QED) is 0.574. The van der Waals surface area contributed by atoms with Crippen molar-refractivity contribution >= 4 is 5.97 Å². The van der Waals surface area contributed by atoms with Crippen molar-refractivity contribution in [3.8, 4) is 0 Å². The van der Waals surface area contributed by atoms with Crippen LogP contribution in [0.15, 0.2) is 12.2 Å². The lowest BCUT2D eigenvalue weighted by molar-refractivity contribution is -0.186. The Morgan fingerprint density at radius 3 is 2.70 bits per heavy atom. The Kier molecular flexibility index (Phi) is 4.41. The Balaban J connectivity index is 1.55. The molecule has 0 aromatic heterocycles. The largest absolute Gasteiger partial charge is 0.462 e. The molecule has 2 bridgehead atoms. The minimum atomic E-state index is -0.174. The second kappa shape index (κ2) is 6.27. The molecule has 0 aromatic rings. The lowest BCUT2D eigenvalue weighted by atomic mass is 9.86. The van der Waals surface area contributed by atoms with Gasteiger partial charge in [-0.2, -0.15) is 0 Å². The van der Waals surface area contributed by atoms with Crippen LogP contribution in [0.3, 0.4) is 0 Å². The van der Waals surface area contributed by atoms with E-state index in [0.29, 0.717) is 17.8 Å². The van der Waals surface area contributed by atoms with Crippen LogP contribution in [0.2, 0.25) is 0 Å². The maximum atomic E-state index is 11.4. The predicted molar refractivity (Wildman–Crippen MR) is 73.9 cm³/mol. The summed E-state index contributed by atoms with van der Waals surface area (Å²) < 4.78 is 16.8. The van der Waals surface area contributed by atoms with Gasteiger partial charge < -0.3 is 14.2 Å². The molecule has 4 unspecified atom stereocenters. The highest BCUT2D eigenvalue weighted by Gasteiger charge is 2.41. The van der Waals surface area contributed by atoms with Crippen LogP contribution in [-0.2, 0) is 19.0 Å². The van der Waals surface area contributed by atoms with E-state index >= 15 is 0 Å². The molecule has 20 heavy (non-hydrogen) atoms. The van der Waals surface area contributed by atoms with Crippen LogP contribution in [0.5, 0.6) is 0 Å². The van der Waals surface area contributed by atoms with Gasteiger partial charge in [0.2, 0.25) is 0 Å². The van der Waals surface area contributed by atoms with Gasteiger partial charge in [-0.3, -0.25) is 4.79 Å². The third-order valence-electron chi connectivity index (χ3n) is 4.71. The third-order valence-corrected chi connectivity index (χ3v) is 4.71. The van der Waals surface area contributed by atoms with Crippen LogP contribution >= 0.6 is 0 Å². The number of carbonyl (C=O) groups excluding carboxylic acids is 1. The Labute approximate surface area is 120 Å². The second-order valence-electron chi connectivity index (χ2n) is 6.19. The summed E-state index contributed by atoms with van der Waals surface area (Å²) in [6, 6.07) is 0. The molecule has 1 saturated carbocycles. The zero-order chi connectivity index (χ0) is 13.9. The summed E-state index contributed by atoms with van der Waals surface area (Å²) in [5.41, 5.74) is 0. The minimum Gasteiger partial charge on any atom is -0.462 e. The average molecular weight is 280 g/mol. The van der Waals surface area contributed by atoms with Crippen LogP contribution in [0, 0.1) is 17.8 Å². The van der Waals surface area contributed by atoms with E-state index in [0.717, 1.165) is 38.9 Å². The summed E-state index contributed by atoms with van der Waals surface area (Å²) in [6.07, 6.45) is 9.55. The summed E-state index contributed by atoms with van der Waals surface area (Å²) >= 11 is 0. The zero-order valence-electron chi connectivity index (χ0n) is 12.1. The number of ether oxygens (including phenoxy) is 3.